The Morgan fingerprint density at radius 3 is 2.18 bits per heavy atom. The summed E-state index contributed by atoms with van der Waals surface area (Å²) in [5, 5.41) is 24.8. The number of carboxylic acids is 1. The van der Waals surface area contributed by atoms with Crippen LogP contribution in [0.5, 0.6) is 0 Å². The largest absolute Gasteiger partial charge is 0.508 e. The molecule has 4 atom stereocenters. The van der Waals surface area contributed by atoms with Crippen LogP contribution in [-0.2, 0) is 23.5 Å². The number of allylic oxidation sites excluding steroid dienone is 5. The molecular weight excluding hydrogens is 741 g/mol. The minimum absolute atomic E-state index is 0.412. The molecule has 1 rings (SSSR count). The van der Waals surface area contributed by atoms with E-state index in [0.717, 1.165) is 29.1 Å². The van der Waals surface area contributed by atoms with Gasteiger partial charge in [-0.05, 0) is 84.0 Å². The van der Waals surface area contributed by atoms with Crippen LogP contribution in [0.3, 0.4) is 0 Å². The third-order valence-corrected chi connectivity index (χ3v) is 15.0. The first-order valence-corrected chi connectivity index (χ1v) is 21.6. The third-order valence-electron chi connectivity index (χ3n) is 9.28. The molecule has 0 bridgehead atoms. The fourth-order valence-corrected chi connectivity index (χ4v) is 9.50. The van der Waals surface area contributed by atoms with E-state index in [1.54, 1.807) is 18.3 Å². The summed E-state index contributed by atoms with van der Waals surface area (Å²) in [5.41, 5.74) is 1.55. The zero-order valence-corrected chi connectivity index (χ0v) is 35.2. The Morgan fingerprint density at radius 1 is 1.08 bits per heavy atom. The van der Waals surface area contributed by atoms with Crippen molar-refractivity contribution in [3.63, 3.8) is 0 Å². The highest BCUT2D eigenvalue weighted by Gasteiger charge is 2.56. The maximum Gasteiger partial charge on any atom is 0.508 e. The van der Waals surface area contributed by atoms with Gasteiger partial charge in [0.05, 0.1) is 28.5 Å². The van der Waals surface area contributed by atoms with Crippen molar-refractivity contribution in [1.82, 2.24) is 4.98 Å². The second kappa shape index (κ2) is 20.5. The normalized spacial score (nSPS) is 16.5. The molecule has 9 nitrogen and oxygen atoms in total. The van der Waals surface area contributed by atoms with E-state index >= 15 is 0 Å². The van der Waals surface area contributed by atoms with Gasteiger partial charge in [0, 0.05) is 5.38 Å². The molecule has 1 heterocycles. The molecular formula is C36H56Cl3NO8SSi. The average molecular weight is 797 g/mol. The highest BCUT2D eigenvalue weighted by atomic mass is 35.6. The standard InChI is InChI=1S/C36H56Cl3NO8SSi/c1-11-50(12-2,13-3)48-35(45,21-30(41)42)34(9,10)32(43)27(7)31(47-33(44)46-23-36(37,38)39)26(6)19-15-17-24(4)16-14-18-25(5)20-29-22-49-28(8)40-29/h15-17,20,22,26-27,31,45H,11-14,18-19,21,23H2,1-10H3,(H,41,42)/t26-,27+,31-,35-/m0/s1. The molecule has 0 spiro atoms. The Kier molecular flexibility index (Phi) is 19.0. The fraction of sp³-hybridized carbons (Fsp3) is 0.667. The number of hydrogen-bond donors (Lipinski definition) is 2. The fourth-order valence-electron chi connectivity index (χ4n) is 5.79. The van der Waals surface area contributed by atoms with Gasteiger partial charge in [-0.2, -0.15) is 0 Å². The van der Waals surface area contributed by atoms with Crippen molar-refractivity contribution in [1.29, 1.82) is 0 Å². The lowest BCUT2D eigenvalue weighted by Crippen LogP contribution is -2.60. The van der Waals surface area contributed by atoms with Crippen LogP contribution < -0.4 is 0 Å². The number of carbonyl (C=O) groups excluding carboxylic acids is 2. The number of thiazole rings is 1. The van der Waals surface area contributed by atoms with Gasteiger partial charge < -0.3 is 24.1 Å². The topological polar surface area (TPSA) is 132 Å². The van der Waals surface area contributed by atoms with Crippen molar-refractivity contribution in [2.24, 2.45) is 17.3 Å². The average Bonchev–Trinajstić information content (AvgIpc) is 3.43. The Balaban J connectivity index is 3.28. The number of hydrogen-bond acceptors (Lipinski definition) is 9. The number of carboxylic acid groups (broad SMARTS) is 1. The van der Waals surface area contributed by atoms with Crippen molar-refractivity contribution in [3.8, 4) is 0 Å². The van der Waals surface area contributed by atoms with Gasteiger partial charge in [0.2, 0.25) is 3.79 Å². The van der Waals surface area contributed by atoms with Gasteiger partial charge in [-0.3, -0.25) is 9.59 Å². The molecule has 284 valence electrons. The molecule has 2 N–H and O–H groups in total. The van der Waals surface area contributed by atoms with Crippen LogP contribution in [0.15, 0.2) is 34.8 Å². The van der Waals surface area contributed by atoms with Crippen LogP contribution in [-0.4, -0.2) is 63.7 Å². The summed E-state index contributed by atoms with van der Waals surface area (Å²) >= 11 is 18.9. The zero-order valence-electron chi connectivity index (χ0n) is 31.1. The highest BCUT2D eigenvalue weighted by Crippen LogP contribution is 2.43. The Morgan fingerprint density at radius 2 is 1.68 bits per heavy atom. The van der Waals surface area contributed by atoms with E-state index in [1.165, 1.54) is 19.4 Å². The van der Waals surface area contributed by atoms with Crippen molar-refractivity contribution in [2.75, 3.05) is 6.61 Å². The van der Waals surface area contributed by atoms with Crippen molar-refractivity contribution < 1.29 is 38.5 Å². The summed E-state index contributed by atoms with van der Waals surface area (Å²) in [6.07, 6.45) is 7.32. The number of ketones is 1. The summed E-state index contributed by atoms with van der Waals surface area (Å²) in [4.78, 5) is 43.6. The van der Waals surface area contributed by atoms with Gasteiger partial charge in [0.15, 0.2) is 14.1 Å². The summed E-state index contributed by atoms with van der Waals surface area (Å²) in [5.74, 6) is -5.57. The Bertz CT molecular complexity index is 1360. The molecule has 0 aliphatic heterocycles. The van der Waals surface area contributed by atoms with Crippen LogP contribution in [0.1, 0.15) is 98.7 Å². The van der Waals surface area contributed by atoms with Gasteiger partial charge in [-0.15, -0.1) is 11.3 Å². The number of aliphatic hydroxyl groups is 1. The molecule has 0 amide bonds. The van der Waals surface area contributed by atoms with Gasteiger partial charge in [-0.25, -0.2) is 9.78 Å². The lowest BCUT2D eigenvalue weighted by molar-refractivity contribution is -0.226. The predicted octanol–water partition coefficient (Wildman–Crippen LogP) is 10.5. The lowest BCUT2D eigenvalue weighted by Gasteiger charge is -2.47. The van der Waals surface area contributed by atoms with Gasteiger partial charge >= 0.3 is 12.1 Å². The Labute approximate surface area is 318 Å². The summed E-state index contributed by atoms with van der Waals surface area (Å²) in [7, 11) is -2.60. The summed E-state index contributed by atoms with van der Waals surface area (Å²) in [6.45, 7) is 17.7. The number of rotatable bonds is 21. The van der Waals surface area contributed by atoms with Crippen LogP contribution >= 0.6 is 46.1 Å². The van der Waals surface area contributed by atoms with Crippen molar-refractivity contribution >= 4 is 78.4 Å². The molecule has 0 aliphatic rings. The van der Waals surface area contributed by atoms with E-state index in [1.807, 2.05) is 59.1 Å². The Hall–Kier alpha value is -1.73. The van der Waals surface area contributed by atoms with Gasteiger partial charge in [0.25, 0.3) is 0 Å². The van der Waals surface area contributed by atoms with Crippen LogP contribution in [0.25, 0.3) is 6.08 Å². The van der Waals surface area contributed by atoms with Crippen LogP contribution in [0, 0.1) is 24.2 Å². The maximum absolute atomic E-state index is 14.3. The number of aromatic nitrogens is 1. The summed E-state index contributed by atoms with van der Waals surface area (Å²) in [6, 6.07) is 1.88. The second-order valence-corrected chi connectivity index (χ2v) is 21.9. The van der Waals surface area contributed by atoms with Crippen LogP contribution in [0.4, 0.5) is 4.79 Å². The number of aliphatic carboxylic acids is 1. The molecule has 50 heavy (non-hydrogen) atoms. The van der Waals surface area contributed by atoms with Gasteiger partial charge in [-0.1, -0.05) is 98.8 Å². The first-order valence-electron chi connectivity index (χ1n) is 17.1. The number of Topliss-reactive ketones (excluding diaryl/α,β-unsaturated/α-hetero) is 1. The van der Waals surface area contributed by atoms with E-state index in [9.17, 15) is 24.6 Å². The van der Waals surface area contributed by atoms with E-state index in [-0.39, 0.29) is 0 Å². The number of alkyl halides is 3. The number of nitrogens with zero attached hydrogens (tertiary/aromatic N) is 1. The van der Waals surface area contributed by atoms with E-state index in [4.69, 9.17) is 48.7 Å². The molecule has 1 aromatic rings. The molecule has 14 heteroatoms. The molecule has 1 aromatic heterocycles. The summed E-state index contributed by atoms with van der Waals surface area (Å²) < 4.78 is 15.2. The van der Waals surface area contributed by atoms with E-state index in [0.29, 0.717) is 24.6 Å². The smallest absolute Gasteiger partial charge is 0.481 e. The van der Waals surface area contributed by atoms with Crippen molar-refractivity contribution in [3.05, 3.63) is 45.5 Å². The molecule has 0 fully saturated rings. The van der Waals surface area contributed by atoms with Crippen molar-refractivity contribution in [2.45, 2.75) is 129 Å². The first-order chi connectivity index (χ1) is 23.0. The number of aryl methyl sites for hydroxylation is 1. The molecule has 0 aliphatic carbocycles. The third kappa shape index (κ3) is 14.7. The first kappa shape index (κ1) is 46.3. The molecule has 0 unspecified atom stereocenters. The lowest BCUT2D eigenvalue weighted by atomic mass is 9.71. The second-order valence-electron chi connectivity index (χ2n) is 13.6. The van der Waals surface area contributed by atoms with E-state index in [2.05, 4.69) is 24.1 Å². The molecule has 0 radical (unpaired) electrons. The van der Waals surface area contributed by atoms with Crippen LogP contribution in [0.2, 0.25) is 18.1 Å². The van der Waals surface area contributed by atoms with E-state index < -0.39 is 72.2 Å². The molecule has 0 aromatic carbocycles. The maximum atomic E-state index is 14.3. The highest BCUT2D eigenvalue weighted by molar-refractivity contribution is 7.09. The molecule has 0 saturated heterocycles. The monoisotopic (exact) mass is 795 g/mol. The predicted molar refractivity (Wildman–Crippen MR) is 206 cm³/mol. The zero-order chi connectivity index (χ0) is 38.5. The number of ether oxygens (including phenoxy) is 2. The minimum Gasteiger partial charge on any atom is -0.481 e. The quantitative estimate of drug-likeness (QED) is 0.0410. The number of halogens is 3. The number of carbonyl (C=O) groups is 3. The molecule has 0 saturated carbocycles. The van der Waals surface area contributed by atoms with Gasteiger partial charge in [0.1, 0.15) is 18.5 Å². The minimum atomic E-state index is -2.60. The SMILES string of the molecule is CC[Si](CC)(CC)O[C@@](O)(CC(=O)O)C(C)(C)C(=O)[C@H](C)[C@@H](OC(=O)OCC(Cl)(Cl)Cl)[C@@H](C)CC=CC(C)=CCCC(C)=Cc1csc(C)n1.